The molecule has 1 amide bonds. The van der Waals surface area contributed by atoms with Gasteiger partial charge < -0.3 is 5.32 Å². The average Bonchev–Trinajstić information content (AvgIpc) is 3.48. The van der Waals surface area contributed by atoms with E-state index in [2.05, 4.69) is 17.4 Å². The van der Waals surface area contributed by atoms with Gasteiger partial charge in [0.2, 0.25) is 5.91 Å². The minimum Gasteiger partial charge on any atom is -0.325 e. The van der Waals surface area contributed by atoms with Crippen molar-refractivity contribution in [3.8, 4) is 6.07 Å². The highest BCUT2D eigenvalue weighted by Gasteiger charge is 2.38. The molecule has 4 heteroatoms. The molecule has 1 unspecified atom stereocenters. The van der Waals surface area contributed by atoms with Crippen LogP contribution >= 0.6 is 0 Å². The van der Waals surface area contributed by atoms with Crippen molar-refractivity contribution in [2.45, 2.75) is 25.7 Å². The summed E-state index contributed by atoms with van der Waals surface area (Å²) in [4.78, 5) is 24.1. The van der Waals surface area contributed by atoms with Crippen LogP contribution < -0.4 is 5.32 Å². The van der Waals surface area contributed by atoms with E-state index >= 15 is 0 Å². The van der Waals surface area contributed by atoms with E-state index in [1.807, 2.05) is 48.5 Å². The van der Waals surface area contributed by atoms with Crippen LogP contribution in [0.2, 0.25) is 0 Å². The predicted octanol–water partition coefficient (Wildman–Crippen LogP) is 3.53. The monoisotopic (exact) mass is 332 g/mol. The fourth-order valence-corrected chi connectivity index (χ4v) is 2.76. The number of Topliss-reactive ketones (excluding diaryl/α,β-unsaturated/α-hetero) is 1. The number of carbonyl (C=O) groups is 2. The molecule has 2 aromatic rings. The Morgan fingerprint density at radius 2 is 1.60 bits per heavy atom. The van der Waals surface area contributed by atoms with Crippen LogP contribution in [0.1, 0.15) is 24.0 Å². The summed E-state index contributed by atoms with van der Waals surface area (Å²) >= 11 is 0. The molecule has 1 saturated carbocycles. The van der Waals surface area contributed by atoms with Crippen molar-refractivity contribution >= 4 is 17.4 Å². The smallest absolute Gasteiger partial charge is 0.249 e. The van der Waals surface area contributed by atoms with Crippen LogP contribution in [0.4, 0.5) is 5.69 Å². The van der Waals surface area contributed by atoms with Crippen LogP contribution in [-0.2, 0) is 22.4 Å². The van der Waals surface area contributed by atoms with Crippen LogP contribution in [0.15, 0.2) is 54.6 Å². The summed E-state index contributed by atoms with van der Waals surface area (Å²) in [5.41, 5.74) is 3.07. The molecule has 0 spiro atoms. The lowest BCUT2D eigenvalue weighted by Gasteiger charge is -2.10. The van der Waals surface area contributed by atoms with Crippen molar-refractivity contribution in [3.63, 3.8) is 0 Å². The zero-order valence-corrected chi connectivity index (χ0v) is 13.9. The molecule has 0 aliphatic heterocycles. The SMILES string of the molecule is N#CC(C(=O)Nc1ccc(CCc2ccccc2)cc1)C(=O)C1CC1. The molecule has 1 atom stereocenters. The highest BCUT2D eigenvalue weighted by atomic mass is 16.2. The molecule has 1 fully saturated rings. The van der Waals surface area contributed by atoms with Gasteiger partial charge in [-0.2, -0.15) is 5.26 Å². The van der Waals surface area contributed by atoms with Crippen LogP contribution in [0.25, 0.3) is 0 Å². The second kappa shape index (κ2) is 7.76. The minimum atomic E-state index is -1.20. The molecule has 2 aromatic carbocycles. The zero-order valence-electron chi connectivity index (χ0n) is 13.9. The molecule has 4 nitrogen and oxygen atoms in total. The van der Waals surface area contributed by atoms with Crippen molar-refractivity contribution in [2.24, 2.45) is 11.8 Å². The van der Waals surface area contributed by atoms with E-state index in [4.69, 9.17) is 5.26 Å². The van der Waals surface area contributed by atoms with E-state index in [9.17, 15) is 9.59 Å². The third-order valence-electron chi connectivity index (χ3n) is 4.42. The number of nitrogens with zero attached hydrogens (tertiary/aromatic N) is 1. The van der Waals surface area contributed by atoms with Crippen LogP contribution in [0.5, 0.6) is 0 Å². The molecule has 0 saturated heterocycles. The quantitative estimate of drug-likeness (QED) is 0.789. The van der Waals surface area contributed by atoms with E-state index in [1.165, 1.54) is 11.1 Å². The summed E-state index contributed by atoms with van der Waals surface area (Å²) in [6.45, 7) is 0. The lowest BCUT2D eigenvalue weighted by molar-refractivity contribution is -0.129. The van der Waals surface area contributed by atoms with Gasteiger partial charge in [0.15, 0.2) is 11.7 Å². The van der Waals surface area contributed by atoms with Gasteiger partial charge in [0, 0.05) is 11.6 Å². The number of nitrogens with one attached hydrogen (secondary N) is 1. The van der Waals surface area contributed by atoms with E-state index in [0.29, 0.717) is 5.69 Å². The van der Waals surface area contributed by atoms with Crippen molar-refractivity contribution < 1.29 is 9.59 Å². The third kappa shape index (κ3) is 4.54. The number of ketones is 1. The van der Waals surface area contributed by atoms with Crippen molar-refractivity contribution in [1.29, 1.82) is 5.26 Å². The second-order valence-corrected chi connectivity index (χ2v) is 6.41. The minimum absolute atomic E-state index is 0.101. The van der Waals surface area contributed by atoms with Gasteiger partial charge in [-0.05, 0) is 48.9 Å². The largest absolute Gasteiger partial charge is 0.325 e. The van der Waals surface area contributed by atoms with Gasteiger partial charge in [0.1, 0.15) is 0 Å². The number of amides is 1. The van der Waals surface area contributed by atoms with Crippen molar-refractivity contribution in [3.05, 3.63) is 65.7 Å². The number of anilines is 1. The molecular formula is C21H20N2O2. The number of carbonyl (C=O) groups excluding carboxylic acids is 2. The highest BCUT2D eigenvalue weighted by Crippen LogP contribution is 2.32. The summed E-state index contributed by atoms with van der Waals surface area (Å²) in [5.74, 6) is -2.09. The molecule has 126 valence electrons. The highest BCUT2D eigenvalue weighted by molar-refractivity contribution is 6.10. The average molecular weight is 332 g/mol. The Balaban J connectivity index is 1.55. The Hall–Kier alpha value is -2.93. The second-order valence-electron chi connectivity index (χ2n) is 6.41. The maximum Gasteiger partial charge on any atom is 0.249 e. The lowest BCUT2D eigenvalue weighted by Crippen LogP contribution is -2.29. The maximum absolute atomic E-state index is 12.2. The molecule has 0 aromatic heterocycles. The Kier molecular flexibility index (Phi) is 5.25. The zero-order chi connectivity index (χ0) is 17.6. The predicted molar refractivity (Wildman–Crippen MR) is 95.8 cm³/mol. The van der Waals surface area contributed by atoms with Gasteiger partial charge in [-0.15, -0.1) is 0 Å². The number of benzene rings is 2. The summed E-state index contributed by atoms with van der Waals surface area (Å²) in [5, 5.41) is 11.8. The molecule has 1 aliphatic carbocycles. The van der Waals surface area contributed by atoms with Gasteiger partial charge in [0.25, 0.3) is 0 Å². The summed E-state index contributed by atoms with van der Waals surface area (Å²) in [7, 11) is 0. The number of rotatable bonds is 7. The molecule has 0 heterocycles. The summed E-state index contributed by atoms with van der Waals surface area (Å²) in [6, 6.07) is 19.7. The first-order valence-corrected chi connectivity index (χ1v) is 8.54. The Morgan fingerprint density at radius 3 is 2.16 bits per heavy atom. The first kappa shape index (κ1) is 16.9. The standard InChI is InChI=1S/C21H20N2O2/c22-14-19(20(24)17-10-11-17)21(25)23-18-12-8-16(9-13-18)7-6-15-4-2-1-3-5-15/h1-5,8-9,12-13,17,19H,6-7,10-11H2,(H,23,25). The number of hydrogen-bond acceptors (Lipinski definition) is 3. The van der Waals surface area contributed by atoms with Gasteiger partial charge >= 0.3 is 0 Å². The van der Waals surface area contributed by atoms with Crippen molar-refractivity contribution in [1.82, 2.24) is 0 Å². The summed E-state index contributed by atoms with van der Waals surface area (Å²) in [6.07, 6.45) is 3.46. The van der Waals surface area contributed by atoms with Crippen LogP contribution in [-0.4, -0.2) is 11.7 Å². The molecule has 1 N–H and O–H groups in total. The fraction of sp³-hybridized carbons (Fsp3) is 0.286. The first-order valence-electron chi connectivity index (χ1n) is 8.54. The maximum atomic E-state index is 12.2. The molecule has 0 radical (unpaired) electrons. The van der Waals surface area contributed by atoms with Gasteiger partial charge in [-0.1, -0.05) is 42.5 Å². The molecular weight excluding hydrogens is 312 g/mol. The van der Waals surface area contributed by atoms with Gasteiger partial charge in [-0.3, -0.25) is 9.59 Å². The number of hydrogen-bond donors (Lipinski definition) is 1. The number of nitriles is 1. The molecule has 0 bridgehead atoms. The van der Waals surface area contributed by atoms with E-state index < -0.39 is 11.8 Å². The summed E-state index contributed by atoms with van der Waals surface area (Å²) < 4.78 is 0. The van der Waals surface area contributed by atoms with Crippen LogP contribution in [0.3, 0.4) is 0 Å². The van der Waals surface area contributed by atoms with E-state index in [-0.39, 0.29) is 11.7 Å². The number of aryl methyl sites for hydroxylation is 2. The van der Waals surface area contributed by atoms with Gasteiger partial charge in [-0.25, -0.2) is 0 Å². The van der Waals surface area contributed by atoms with E-state index in [0.717, 1.165) is 25.7 Å². The first-order chi connectivity index (χ1) is 12.2. The van der Waals surface area contributed by atoms with Crippen LogP contribution in [0, 0.1) is 23.2 Å². The topological polar surface area (TPSA) is 70.0 Å². The Morgan fingerprint density at radius 1 is 1.00 bits per heavy atom. The van der Waals surface area contributed by atoms with Crippen molar-refractivity contribution in [2.75, 3.05) is 5.32 Å². The Bertz CT molecular complexity index is 787. The molecule has 25 heavy (non-hydrogen) atoms. The fourth-order valence-electron chi connectivity index (χ4n) is 2.76. The van der Waals surface area contributed by atoms with Gasteiger partial charge in [0.05, 0.1) is 6.07 Å². The lowest BCUT2D eigenvalue weighted by atomic mass is 10.0. The Labute approximate surface area is 147 Å². The normalized spacial score (nSPS) is 14.4. The molecule has 3 rings (SSSR count). The molecule has 1 aliphatic rings. The third-order valence-corrected chi connectivity index (χ3v) is 4.42. The van der Waals surface area contributed by atoms with E-state index in [1.54, 1.807) is 0 Å².